The molecule has 1 saturated carbocycles. The summed E-state index contributed by atoms with van der Waals surface area (Å²) in [5, 5.41) is 0. The molecule has 1 atom stereocenters. The molecule has 3 rings (SSSR count). The van der Waals surface area contributed by atoms with Crippen LogP contribution in [0.3, 0.4) is 0 Å². The molecule has 2 aliphatic rings. The standard InChI is InChI=1S/C19H20O2/c1-13-3-5-14(6-4-13)11-15-7-8-16-12-17(20)9-10-19(16,2)18(15)21/h3-6,11-12H,7-10H2,1-2H3/b15-11-. The van der Waals surface area contributed by atoms with Gasteiger partial charge in [0.1, 0.15) is 0 Å². The fourth-order valence-electron chi connectivity index (χ4n) is 3.31. The molecule has 2 heteroatoms. The number of Topliss-reactive ketones (excluding diaryl/α,β-unsaturated/α-hetero) is 1. The molecule has 1 fully saturated rings. The number of carbonyl (C=O) groups excluding carboxylic acids is 2. The van der Waals surface area contributed by atoms with Gasteiger partial charge in [0, 0.05) is 6.42 Å². The third-order valence-electron chi connectivity index (χ3n) is 4.79. The van der Waals surface area contributed by atoms with Crippen molar-refractivity contribution in [3.8, 4) is 0 Å². The maximum atomic E-state index is 12.8. The van der Waals surface area contributed by atoms with Gasteiger partial charge in [-0.25, -0.2) is 0 Å². The lowest BCUT2D eigenvalue weighted by atomic mass is 9.63. The molecule has 2 aliphatic carbocycles. The van der Waals surface area contributed by atoms with Gasteiger partial charge in [0.05, 0.1) is 5.41 Å². The molecule has 108 valence electrons. The van der Waals surface area contributed by atoms with Gasteiger partial charge in [0.2, 0.25) is 0 Å². The lowest BCUT2D eigenvalue weighted by Gasteiger charge is -2.38. The molecule has 0 radical (unpaired) electrons. The third-order valence-corrected chi connectivity index (χ3v) is 4.79. The van der Waals surface area contributed by atoms with Gasteiger partial charge in [-0.15, -0.1) is 0 Å². The second kappa shape index (κ2) is 5.10. The molecule has 0 heterocycles. The summed E-state index contributed by atoms with van der Waals surface area (Å²) in [4.78, 5) is 24.4. The van der Waals surface area contributed by atoms with Crippen LogP contribution in [0, 0.1) is 12.3 Å². The van der Waals surface area contributed by atoms with Crippen molar-refractivity contribution in [2.24, 2.45) is 5.41 Å². The minimum Gasteiger partial charge on any atom is -0.295 e. The van der Waals surface area contributed by atoms with Crippen LogP contribution < -0.4 is 0 Å². The van der Waals surface area contributed by atoms with Gasteiger partial charge in [-0.05, 0) is 56.4 Å². The molecule has 0 amide bonds. The largest absolute Gasteiger partial charge is 0.295 e. The van der Waals surface area contributed by atoms with E-state index in [4.69, 9.17) is 0 Å². The molecule has 0 spiro atoms. The second-order valence-corrected chi connectivity index (χ2v) is 6.38. The summed E-state index contributed by atoms with van der Waals surface area (Å²) in [6.45, 7) is 4.05. The monoisotopic (exact) mass is 280 g/mol. The topological polar surface area (TPSA) is 34.1 Å². The Labute approximate surface area is 125 Å². The Morgan fingerprint density at radius 2 is 1.76 bits per heavy atom. The number of ketones is 2. The molecule has 0 aromatic heterocycles. The summed E-state index contributed by atoms with van der Waals surface area (Å²) in [5.74, 6) is 0.370. The van der Waals surface area contributed by atoms with Gasteiger partial charge in [0.25, 0.3) is 0 Å². The zero-order valence-electron chi connectivity index (χ0n) is 12.6. The number of benzene rings is 1. The second-order valence-electron chi connectivity index (χ2n) is 6.38. The quantitative estimate of drug-likeness (QED) is 0.728. The zero-order valence-corrected chi connectivity index (χ0v) is 12.6. The van der Waals surface area contributed by atoms with E-state index in [1.54, 1.807) is 6.08 Å². The summed E-state index contributed by atoms with van der Waals surface area (Å²) in [6.07, 6.45) is 6.43. The molecule has 0 bridgehead atoms. The van der Waals surface area contributed by atoms with Gasteiger partial charge in [0.15, 0.2) is 11.6 Å². The minimum atomic E-state index is -0.456. The first kappa shape index (κ1) is 14.0. The maximum absolute atomic E-state index is 12.8. The first-order chi connectivity index (χ1) is 9.99. The summed E-state index contributed by atoms with van der Waals surface area (Å²) in [5.41, 5.74) is 3.77. The molecule has 0 aliphatic heterocycles. The number of aryl methyl sites for hydroxylation is 1. The molecule has 2 nitrogen and oxygen atoms in total. The summed E-state index contributed by atoms with van der Waals surface area (Å²) >= 11 is 0. The highest BCUT2D eigenvalue weighted by molar-refractivity contribution is 6.08. The van der Waals surface area contributed by atoms with Crippen LogP contribution in [0.1, 0.15) is 43.7 Å². The lowest BCUT2D eigenvalue weighted by molar-refractivity contribution is -0.125. The smallest absolute Gasteiger partial charge is 0.168 e. The zero-order chi connectivity index (χ0) is 15.0. The van der Waals surface area contributed by atoms with Crippen molar-refractivity contribution in [3.63, 3.8) is 0 Å². The van der Waals surface area contributed by atoms with Gasteiger partial charge < -0.3 is 0 Å². The Kier molecular flexibility index (Phi) is 3.40. The van der Waals surface area contributed by atoms with E-state index in [-0.39, 0.29) is 11.6 Å². The van der Waals surface area contributed by atoms with E-state index < -0.39 is 5.41 Å². The molecule has 21 heavy (non-hydrogen) atoms. The number of allylic oxidation sites excluding steroid dienone is 3. The highest BCUT2D eigenvalue weighted by Gasteiger charge is 2.43. The minimum absolute atomic E-state index is 0.168. The first-order valence-electron chi connectivity index (χ1n) is 7.55. The van der Waals surface area contributed by atoms with E-state index in [1.807, 2.05) is 25.1 Å². The SMILES string of the molecule is Cc1ccc(/C=C2/CCC3=CC(=O)CCC3(C)C2=O)cc1. The highest BCUT2D eigenvalue weighted by Crippen LogP contribution is 2.46. The fraction of sp³-hybridized carbons (Fsp3) is 0.368. The van der Waals surface area contributed by atoms with E-state index >= 15 is 0 Å². The number of rotatable bonds is 1. The van der Waals surface area contributed by atoms with E-state index in [0.29, 0.717) is 12.8 Å². The van der Waals surface area contributed by atoms with E-state index in [2.05, 4.69) is 19.1 Å². The van der Waals surface area contributed by atoms with Gasteiger partial charge in [-0.1, -0.05) is 35.4 Å². The molecule has 0 N–H and O–H groups in total. The van der Waals surface area contributed by atoms with Crippen LogP contribution in [-0.2, 0) is 9.59 Å². The van der Waals surface area contributed by atoms with Crippen LogP contribution in [0.25, 0.3) is 6.08 Å². The highest BCUT2D eigenvalue weighted by atomic mass is 16.1. The van der Waals surface area contributed by atoms with Crippen molar-refractivity contribution in [1.82, 2.24) is 0 Å². The fourth-order valence-corrected chi connectivity index (χ4v) is 3.31. The summed E-state index contributed by atoms with van der Waals surface area (Å²) in [7, 11) is 0. The van der Waals surface area contributed by atoms with E-state index in [0.717, 1.165) is 29.6 Å². The predicted molar refractivity (Wildman–Crippen MR) is 83.8 cm³/mol. The van der Waals surface area contributed by atoms with Crippen LogP contribution in [0.5, 0.6) is 0 Å². The van der Waals surface area contributed by atoms with E-state index in [9.17, 15) is 9.59 Å². The summed E-state index contributed by atoms with van der Waals surface area (Å²) in [6, 6.07) is 8.22. The normalized spacial score (nSPS) is 27.5. The van der Waals surface area contributed by atoms with Crippen molar-refractivity contribution in [1.29, 1.82) is 0 Å². The van der Waals surface area contributed by atoms with Crippen LogP contribution in [0.4, 0.5) is 0 Å². The van der Waals surface area contributed by atoms with Crippen LogP contribution in [-0.4, -0.2) is 11.6 Å². The Hall–Kier alpha value is -1.96. The van der Waals surface area contributed by atoms with Gasteiger partial charge in [-0.2, -0.15) is 0 Å². The molecule has 1 aromatic carbocycles. The van der Waals surface area contributed by atoms with Crippen molar-refractivity contribution in [3.05, 3.63) is 52.6 Å². The predicted octanol–water partition coefficient (Wildman–Crippen LogP) is 4.04. The maximum Gasteiger partial charge on any atom is 0.168 e. The third kappa shape index (κ3) is 2.51. The van der Waals surface area contributed by atoms with Crippen LogP contribution in [0.15, 0.2) is 41.5 Å². The number of carbonyl (C=O) groups is 2. The molecule has 1 unspecified atom stereocenters. The van der Waals surface area contributed by atoms with Crippen molar-refractivity contribution >= 4 is 17.6 Å². The Balaban J connectivity index is 1.94. The summed E-state index contributed by atoms with van der Waals surface area (Å²) < 4.78 is 0. The van der Waals surface area contributed by atoms with Gasteiger partial charge in [-0.3, -0.25) is 9.59 Å². The van der Waals surface area contributed by atoms with Crippen molar-refractivity contribution in [2.45, 2.75) is 39.5 Å². The van der Waals surface area contributed by atoms with Crippen LogP contribution in [0.2, 0.25) is 0 Å². The number of hydrogen-bond donors (Lipinski definition) is 0. The van der Waals surface area contributed by atoms with Crippen molar-refractivity contribution in [2.75, 3.05) is 0 Å². The van der Waals surface area contributed by atoms with E-state index in [1.165, 1.54) is 5.56 Å². The number of fused-ring (bicyclic) bond motifs is 1. The Morgan fingerprint density at radius 1 is 1.05 bits per heavy atom. The lowest BCUT2D eigenvalue weighted by Crippen LogP contribution is -2.38. The average molecular weight is 280 g/mol. The molecular weight excluding hydrogens is 260 g/mol. The molecular formula is C19H20O2. The molecule has 0 saturated heterocycles. The van der Waals surface area contributed by atoms with Crippen LogP contribution >= 0.6 is 0 Å². The number of hydrogen-bond acceptors (Lipinski definition) is 2. The average Bonchev–Trinajstić information content (AvgIpc) is 2.47. The Bertz CT molecular complexity index is 661. The first-order valence-corrected chi connectivity index (χ1v) is 7.55. The van der Waals surface area contributed by atoms with Crippen molar-refractivity contribution < 1.29 is 9.59 Å². The molecule has 1 aromatic rings. The van der Waals surface area contributed by atoms with Gasteiger partial charge >= 0.3 is 0 Å². The Morgan fingerprint density at radius 3 is 2.48 bits per heavy atom.